The van der Waals surface area contributed by atoms with Gasteiger partial charge in [0.1, 0.15) is 5.65 Å². The normalized spacial score (nSPS) is 12.7. The third-order valence-electron chi connectivity index (χ3n) is 3.62. The van der Waals surface area contributed by atoms with Crippen LogP contribution in [0.3, 0.4) is 0 Å². The zero-order valence-corrected chi connectivity index (χ0v) is 12.0. The lowest BCUT2D eigenvalue weighted by Crippen LogP contribution is -2.22. The van der Waals surface area contributed by atoms with E-state index in [9.17, 15) is 5.11 Å². The molecular weight excluding hydrogens is 262 g/mol. The maximum Gasteiger partial charge on any atom is 0.136 e. The minimum absolute atomic E-state index is 0.493. The second-order valence-corrected chi connectivity index (χ2v) is 5.23. The Morgan fingerprint density at radius 3 is 2.81 bits per heavy atom. The summed E-state index contributed by atoms with van der Waals surface area (Å²) in [6, 6.07) is 14.0. The molecule has 0 aliphatic rings. The lowest BCUT2D eigenvalue weighted by molar-refractivity contribution is 0.174. The van der Waals surface area contributed by atoms with Crippen LogP contribution in [0.1, 0.15) is 22.9 Å². The Hall–Kier alpha value is -2.17. The zero-order valence-electron chi connectivity index (χ0n) is 12.0. The van der Waals surface area contributed by atoms with Crippen LogP contribution >= 0.6 is 0 Å². The second kappa shape index (κ2) is 6.08. The van der Waals surface area contributed by atoms with Gasteiger partial charge >= 0.3 is 0 Å². The van der Waals surface area contributed by atoms with Gasteiger partial charge in [0.2, 0.25) is 0 Å². The fourth-order valence-electron chi connectivity index (χ4n) is 2.39. The van der Waals surface area contributed by atoms with E-state index >= 15 is 0 Å². The summed E-state index contributed by atoms with van der Waals surface area (Å²) in [5, 5.41) is 13.5. The Balaban J connectivity index is 1.61. The Morgan fingerprint density at radius 1 is 1.19 bits per heavy atom. The van der Waals surface area contributed by atoms with Gasteiger partial charge in [0.25, 0.3) is 0 Å². The van der Waals surface area contributed by atoms with E-state index in [1.165, 1.54) is 5.56 Å². The fraction of sp³-hybridized carbons (Fsp3) is 0.235. The first-order valence-corrected chi connectivity index (χ1v) is 7.10. The van der Waals surface area contributed by atoms with E-state index in [1.807, 2.05) is 53.9 Å². The number of nitrogens with zero attached hydrogens (tertiary/aromatic N) is 2. The number of fused-ring (bicyclic) bond motifs is 1. The average Bonchev–Trinajstić information content (AvgIpc) is 2.97. The highest BCUT2D eigenvalue weighted by Gasteiger charge is 2.07. The van der Waals surface area contributed by atoms with Crippen LogP contribution in [-0.4, -0.2) is 21.0 Å². The van der Waals surface area contributed by atoms with E-state index in [1.54, 1.807) is 6.20 Å². The van der Waals surface area contributed by atoms with Gasteiger partial charge in [0, 0.05) is 31.2 Å². The van der Waals surface area contributed by atoms with Gasteiger partial charge in [-0.2, -0.15) is 0 Å². The molecule has 0 aliphatic heterocycles. The summed E-state index contributed by atoms with van der Waals surface area (Å²) < 4.78 is 2.05. The van der Waals surface area contributed by atoms with Crippen LogP contribution in [0.4, 0.5) is 0 Å². The zero-order chi connectivity index (χ0) is 14.7. The van der Waals surface area contributed by atoms with Crippen LogP contribution in [0, 0.1) is 6.92 Å². The molecule has 3 aromatic rings. The van der Waals surface area contributed by atoms with Gasteiger partial charge in [-0.25, -0.2) is 4.98 Å². The monoisotopic (exact) mass is 281 g/mol. The number of aliphatic hydroxyl groups excluding tert-OH is 1. The van der Waals surface area contributed by atoms with E-state index < -0.39 is 6.10 Å². The largest absolute Gasteiger partial charge is 0.387 e. The summed E-state index contributed by atoms with van der Waals surface area (Å²) in [5.41, 5.74) is 4.20. The molecule has 0 unspecified atom stereocenters. The van der Waals surface area contributed by atoms with Gasteiger partial charge in [-0.15, -0.1) is 0 Å². The molecule has 4 heteroatoms. The molecular formula is C17H19N3O. The van der Waals surface area contributed by atoms with E-state index in [0.29, 0.717) is 13.1 Å². The van der Waals surface area contributed by atoms with Crippen LogP contribution in [0.5, 0.6) is 0 Å². The standard InChI is InChI=1S/C17H19N3O/c1-13-5-7-14(8-6-13)16(21)12-18-11-15-3-2-4-17-19-9-10-20(15)17/h2-10,16,18,21H,11-12H2,1H3/t16-/m1/s1. The summed E-state index contributed by atoms with van der Waals surface area (Å²) in [4.78, 5) is 4.26. The van der Waals surface area contributed by atoms with Gasteiger partial charge < -0.3 is 14.8 Å². The second-order valence-electron chi connectivity index (χ2n) is 5.23. The van der Waals surface area contributed by atoms with Crippen LogP contribution in [0.25, 0.3) is 5.65 Å². The van der Waals surface area contributed by atoms with Gasteiger partial charge in [-0.1, -0.05) is 35.9 Å². The molecule has 0 aliphatic carbocycles. The van der Waals surface area contributed by atoms with Crippen molar-refractivity contribution in [3.05, 3.63) is 71.7 Å². The molecule has 1 aromatic carbocycles. The Kier molecular flexibility index (Phi) is 3.99. The van der Waals surface area contributed by atoms with Crippen LogP contribution in [0.15, 0.2) is 54.9 Å². The van der Waals surface area contributed by atoms with Crippen molar-refractivity contribution in [3.63, 3.8) is 0 Å². The molecule has 4 nitrogen and oxygen atoms in total. The van der Waals surface area contributed by atoms with E-state index in [4.69, 9.17) is 0 Å². The van der Waals surface area contributed by atoms with Crippen LogP contribution < -0.4 is 5.32 Å². The minimum Gasteiger partial charge on any atom is -0.387 e. The molecule has 108 valence electrons. The maximum atomic E-state index is 10.2. The number of rotatable bonds is 5. The molecule has 0 saturated heterocycles. The van der Waals surface area contributed by atoms with Crippen molar-refractivity contribution < 1.29 is 5.11 Å². The smallest absolute Gasteiger partial charge is 0.136 e. The topological polar surface area (TPSA) is 49.6 Å². The summed E-state index contributed by atoms with van der Waals surface area (Å²) in [5.74, 6) is 0. The molecule has 1 atom stereocenters. The van der Waals surface area contributed by atoms with Gasteiger partial charge in [-0.3, -0.25) is 0 Å². The molecule has 2 heterocycles. The summed E-state index contributed by atoms with van der Waals surface area (Å²) in [6.07, 6.45) is 3.25. The number of aromatic nitrogens is 2. The highest BCUT2D eigenvalue weighted by atomic mass is 16.3. The van der Waals surface area contributed by atoms with Crippen LogP contribution in [0.2, 0.25) is 0 Å². The average molecular weight is 281 g/mol. The quantitative estimate of drug-likeness (QED) is 0.755. The number of aliphatic hydroxyl groups is 1. The van der Waals surface area contributed by atoms with Crippen molar-refractivity contribution >= 4 is 5.65 Å². The number of nitrogens with one attached hydrogen (secondary N) is 1. The predicted octanol–water partition coefficient (Wildman–Crippen LogP) is 2.47. The molecule has 21 heavy (non-hydrogen) atoms. The van der Waals surface area contributed by atoms with E-state index in [2.05, 4.69) is 16.4 Å². The number of pyridine rings is 1. The predicted molar refractivity (Wildman–Crippen MR) is 83.0 cm³/mol. The highest BCUT2D eigenvalue weighted by Crippen LogP contribution is 2.13. The maximum absolute atomic E-state index is 10.2. The molecule has 0 saturated carbocycles. The van der Waals surface area contributed by atoms with Crippen molar-refractivity contribution in [2.75, 3.05) is 6.54 Å². The molecule has 0 fully saturated rings. The first kappa shape index (κ1) is 13.8. The highest BCUT2D eigenvalue weighted by molar-refractivity contribution is 5.39. The summed E-state index contributed by atoms with van der Waals surface area (Å²) >= 11 is 0. The lowest BCUT2D eigenvalue weighted by Gasteiger charge is -2.13. The van der Waals surface area contributed by atoms with Gasteiger partial charge in [-0.05, 0) is 24.6 Å². The minimum atomic E-state index is -0.493. The fourth-order valence-corrected chi connectivity index (χ4v) is 2.39. The molecule has 2 aromatic heterocycles. The van der Waals surface area contributed by atoms with Crippen molar-refractivity contribution in [2.24, 2.45) is 0 Å². The molecule has 3 rings (SSSR count). The lowest BCUT2D eigenvalue weighted by atomic mass is 10.1. The number of hydrogen-bond donors (Lipinski definition) is 2. The summed E-state index contributed by atoms with van der Waals surface area (Å²) in [6.45, 7) is 3.25. The third-order valence-corrected chi connectivity index (χ3v) is 3.62. The Bertz CT molecular complexity index is 718. The first-order valence-electron chi connectivity index (χ1n) is 7.10. The van der Waals surface area contributed by atoms with E-state index in [-0.39, 0.29) is 0 Å². The molecule has 0 radical (unpaired) electrons. The SMILES string of the molecule is Cc1ccc([C@H](O)CNCc2cccc3nccn23)cc1. The number of imidazole rings is 1. The van der Waals surface area contributed by atoms with Crippen molar-refractivity contribution in [1.29, 1.82) is 0 Å². The van der Waals surface area contributed by atoms with Crippen molar-refractivity contribution in [1.82, 2.24) is 14.7 Å². The molecule has 0 amide bonds. The van der Waals surface area contributed by atoms with E-state index in [0.717, 1.165) is 16.9 Å². The van der Waals surface area contributed by atoms with Gasteiger partial charge in [0.05, 0.1) is 6.10 Å². The number of benzene rings is 1. The van der Waals surface area contributed by atoms with Crippen molar-refractivity contribution in [2.45, 2.75) is 19.6 Å². The van der Waals surface area contributed by atoms with Gasteiger partial charge in [0.15, 0.2) is 0 Å². The van der Waals surface area contributed by atoms with Crippen LogP contribution in [-0.2, 0) is 6.54 Å². The number of aryl methyl sites for hydroxylation is 1. The third kappa shape index (κ3) is 3.12. The molecule has 0 bridgehead atoms. The molecule has 0 spiro atoms. The Morgan fingerprint density at radius 2 is 2.00 bits per heavy atom. The first-order chi connectivity index (χ1) is 10.2. The molecule has 2 N–H and O–H groups in total. The van der Waals surface area contributed by atoms with Crippen molar-refractivity contribution in [3.8, 4) is 0 Å². The Labute approximate surface area is 124 Å². The number of hydrogen-bond acceptors (Lipinski definition) is 3. The summed E-state index contributed by atoms with van der Waals surface area (Å²) in [7, 11) is 0.